The van der Waals surface area contributed by atoms with Crippen LogP contribution in [0.25, 0.3) is 5.82 Å². The molecule has 5 rings (SSSR count). The largest absolute Gasteiger partial charge is 0.496 e. The Morgan fingerprint density at radius 2 is 2.03 bits per heavy atom. The average Bonchev–Trinajstić information content (AvgIpc) is 3.63. The van der Waals surface area contributed by atoms with Crippen LogP contribution in [0.4, 0.5) is 5.82 Å². The molecule has 1 aliphatic heterocycles. The van der Waals surface area contributed by atoms with E-state index < -0.39 is 5.91 Å². The Balaban J connectivity index is 1.34. The van der Waals surface area contributed by atoms with Gasteiger partial charge in [0.2, 0.25) is 11.6 Å². The smallest absolute Gasteiger partial charge is 0.293 e. The Kier molecular flexibility index (Phi) is 7.63. The van der Waals surface area contributed by atoms with Crippen molar-refractivity contribution in [2.24, 2.45) is 5.10 Å². The molecule has 0 aliphatic carbocycles. The zero-order valence-corrected chi connectivity index (χ0v) is 22.2. The summed E-state index contributed by atoms with van der Waals surface area (Å²) in [6, 6.07) is 5.66. The first kappa shape index (κ1) is 26.0. The van der Waals surface area contributed by atoms with Gasteiger partial charge in [-0.05, 0) is 79.4 Å². The van der Waals surface area contributed by atoms with E-state index in [0.29, 0.717) is 18.8 Å². The Bertz CT molecular complexity index is 1460. The summed E-state index contributed by atoms with van der Waals surface area (Å²) in [6.45, 7) is 6.80. The Morgan fingerprint density at radius 3 is 2.72 bits per heavy atom. The molecule has 14 nitrogen and oxygen atoms in total. The van der Waals surface area contributed by atoms with Crippen LogP contribution in [-0.4, -0.2) is 72.3 Å². The van der Waals surface area contributed by atoms with E-state index in [2.05, 4.69) is 41.2 Å². The van der Waals surface area contributed by atoms with Crippen molar-refractivity contribution in [3.05, 3.63) is 58.2 Å². The molecule has 0 saturated carbocycles. The summed E-state index contributed by atoms with van der Waals surface area (Å²) in [5, 5.41) is 24.4. The van der Waals surface area contributed by atoms with E-state index in [0.717, 1.165) is 54.1 Å². The lowest BCUT2D eigenvalue weighted by molar-refractivity contribution is 0.0947. The van der Waals surface area contributed by atoms with E-state index in [-0.39, 0.29) is 17.3 Å². The molecule has 39 heavy (non-hydrogen) atoms. The predicted octanol–water partition coefficient (Wildman–Crippen LogP) is 1.85. The number of carbonyl (C=O) groups excluding carboxylic acids is 1. The molecule has 4 aromatic rings. The van der Waals surface area contributed by atoms with Crippen molar-refractivity contribution in [2.45, 2.75) is 46.2 Å². The molecule has 3 N–H and O–H groups in total. The molecule has 0 radical (unpaired) electrons. The van der Waals surface area contributed by atoms with Gasteiger partial charge >= 0.3 is 0 Å². The maximum atomic E-state index is 13.1. The van der Waals surface area contributed by atoms with Crippen LogP contribution in [0.1, 0.15) is 57.8 Å². The number of methoxy groups -OCH3 is 1. The van der Waals surface area contributed by atoms with Crippen molar-refractivity contribution in [1.29, 1.82) is 0 Å². The zero-order valence-electron chi connectivity index (χ0n) is 22.2. The van der Waals surface area contributed by atoms with Crippen LogP contribution >= 0.6 is 0 Å². The van der Waals surface area contributed by atoms with Gasteiger partial charge in [0.25, 0.3) is 5.91 Å². The molecule has 3 aromatic heterocycles. The molecule has 1 amide bonds. The first-order chi connectivity index (χ1) is 18.9. The summed E-state index contributed by atoms with van der Waals surface area (Å²) in [7, 11) is 1.63. The third-order valence-corrected chi connectivity index (χ3v) is 6.70. The van der Waals surface area contributed by atoms with Crippen LogP contribution in [-0.2, 0) is 13.1 Å². The van der Waals surface area contributed by atoms with Gasteiger partial charge in [-0.1, -0.05) is 11.6 Å². The lowest BCUT2D eigenvalue weighted by Crippen LogP contribution is -2.31. The molecule has 1 fully saturated rings. The Labute approximate surface area is 224 Å². The van der Waals surface area contributed by atoms with Crippen LogP contribution in [0, 0.1) is 13.8 Å². The van der Waals surface area contributed by atoms with E-state index >= 15 is 0 Å². The van der Waals surface area contributed by atoms with Crippen molar-refractivity contribution in [3.8, 4) is 11.6 Å². The standard InChI is InChI=1S/C25H31N11O3/c1-16-13-35(30-17(16)2)14-19-11-18(7-8-21(19)38-3)12-27-29-25(37)22-20(15-34-9-5-4-6-10-34)36(33-28-22)24-23(26)31-39-32-24/h7-8,11-13H,4-6,9-10,14-15H2,1-3H3,(H2,26,31)(H,29,37)/b27-12+. The Morgan fingerprint density at radius 1 is 1.21 bits per heavy atom. The highest BCUT2D eigenvalue weighted by molar-refractivity contribution is 5.94. The van der Waals surface area contributed by atoms with Crippen molar-refractivity contribution in [1.82, 2.24) is 45.4 Å². The number of rotatable bonds is 9. The maximum Gasteiger partial charge on any atom is 0.293 e. The van der Waals surface area contributed by atoms with E-state index in [1.807, 2.05) is 42.9 Å². The topological polar surface area (TPSA) is 167 Å². The molecule has 1 saturated heterocycles. The van der Waals surface area contributed by atoms with Crippen LogP contribution in [0.15, 0.2) is 34.1 Å². The number of aromatic nitrogens is 7. The number of hydrogen-bond donors (Lipinski definition) is 2. The molecular weight excluding hydrogens is 502 g/mol. The molecular formula is C25H31N11O3. The van der Waals surface area contributed by atoms with Gasteiger partial charge in [0.1, 0.15) is 5.75 Å². The number of hydrazone groups is 1. The zero-order chi connectivity index (χ0) is 27.4. The number of piperidine rings is 1. The van der Waals surface area contributed by atoms with Gasteiger partial charge in [-0.2, -0.15) is 14.9 Å². The second-order valence-corrected chi connectivity index (χ2v) is 9.47. The fraction of sp³-hybridized carbons (Fsp3) is 0.400. The third kappa shape index (κ3) is 5.80. The number of carbonyl (C=O) groups is 1. The van der Waals surface area contributed by atoms with E-state index in [1.54, 1.807) is 13.3 Å². The van der Waals surface area contributed by atoms with Gasteiger partial charge in [0.05, 0.1) is 31.3 Å². The molecule has 204 valence electrons. The second-order valence-electron chi connectivity index (χ2n) is 9.47. The molecule has 1 aromatic carbocycles. The number of amides is 1. The lowest BCUT2D eigenvalue weighted by Gasteiger charge is -2.26. The molecule has 1 aliphatic rings. The fourth-order valence-corrected chi connectivity index (χ4v) is 4.55. The van der Waals surface area contributed by atoms with Crippen LogP contribution in [0.3, 0.4) is 0 Å². The number of ether oxygens (including phenoxy) is 1. The van der Waals surface area contributed by atoms with E-state index in [9.17, 15) is 4.79 Å². The van der Waals surface area contributed by atoms with Crippen molar-refractivity contribution in [3.63, 3.8) is 0 Å². The van der Waals surface area contributed by atoms with E-state index in [4.69, 9.17) is 15.1 Å². The number of aryl methyl sites for hydroxylation is 2. The fourth-order valence-electron chi connectivity index (χ4n) is 4.55. The molecule has 0 spiro atoms. The molecule has 14 heteroatoms. The minimum absolute atomic E-state index is 0.0560. The number of nitrogens with two attached hydrogens (primary N) is 1. The highest BCUT2D eigenvalue weighted by Crippen LogP contribution is 2.22. The van der Waals surface area contributed by atoms with Crippen LogP contribution in [0.2, 0.25) is 0 Å². The van der Waals surface area contributed by atoms with Crippen LogP contribution in [0.5, 0.6) is 5.75 Å². The van der Waals surface area contributed by atoms with Crippen molar-refractivity contribution < 1.29 is 14.2 Å². The highest BCUT2D eigenvalue weighted by atomic mass is 16.6. The van der Waals surface area contributed by atoms with Gasteiger partial charge in [0, 0.05) is 18.3 Å². The quantitative estimate of drug-likeness (QED) is 0.239. The number of anilines is 1. The first-order valence-electron chi connectivity index (χ1n) is 12.7. The van der Waals surface area contributed by atoms with Crippen LogP contribution < -0.4 is 15.9 Å². The number of likely N-dealkylation sites (tertiary alicyclic amines) is 1. The van der Waals surface area contributed by atoms with Gasteiger partial charge in [0.15, 0.2) is 5.69 Å². The summed E-state index contributed by atoms with van der Waals surface area (Å²) in [6.07, 6.45) is 6.92. The monoisotopic (exact) mass is 533 g/mol. The van der Waals surface area contributed by atoms with Gasteiger partial charge in [-0.25, -0.2) is 10.1 Å². The second kappa shape index (κ2) is 11.4. The van der Waals surface area contributed by atoms with Gasteiger partial charge in [-0.15, -0.1) is 5.10 Å². The first-order valence-corrected chi connectivity index (χ1v) is 12.7. The highest BCUT2D eigenvalue weighted by Gasteiger charge is 2.26. The number of nitrogen functional groups attached to an aromatic ring is 1. The van der Waals surface area contributed by atoms with Gasteiger partial charge < -0.3 is 10.5 Å². The SMILES string of the molecule is COc1ccc(/C=N/NC(=O)c2nnn(-c3nonc3N)c2CN2CCCCC2)cc1Cn1cc(C)c(C)n1. The predicted molar refractivity (Wildman–Crippen MR) is 142 cm³/mol. The van der Waals surface area contributed by atoms with Crippen molar-refractivity contribution in [2.75, 3.05) is 25.9 Å². The minimum atomic E-state index is -0.504. The van der Waals surface area contributed by atoms with Crippen molar-refractivity contribution >= 4 is 17.9 Å². The minimum Gasteiger partial charge on any atom is -0.496 e. The molecule has 0 atom stereocenters. The average molecular weight is 534 g/mol. The van der Waals surface area contributed by atoms with Gasteiger partial charge in [-0.3, -0.25) is 14.4 Å². The lowest BCUT2D eigenvalue weighted by atomic mass is 10.1. The molecule has 4 heterocycles. The summed E-state index contributed by atoms with van der Waals surface area (Å²) in [4.78, 5) is 15.4. The number of benzene rings is 1. The number of hydrogen-bond acceptors (Lipinski definition) is 11. The third-order valence-electron chi connectivity index (χ3n) is 6.70. The summed E-state index contributed by atoms with van der Waals surface area (Å²) >= 11 is 0. The molecule has 0 bridgehead atoms. The Hall–Kier alpha value is -4.59. The normalized spacial score (nSPS) is 14.2. The number of nitrogens with zero attached hydrogens (tertiary/aromatic N) is 9. The molecule has 0 unspecified atom stereocenters. The summed E-state index contributed by atoms with van der Waals surface area (Å²) in [5.41, 5.74) is 12.9. The number of nitrogens with one attached hydrogen (secondary N) is 1. The van der Waals surface area contributed by atoms with E-state index in [1.165, 1.54) is 11.1 Å². The maximum absolute atomic E-state index is 13.1. The summed E-state index contributed by atoms with van der Waals surface area (Å²) in [5.74, 6) is 0.476. The summed E-state index contributed by atoms with van der Waals surface area (Å²) < 4.78 is 13.5.